The van der Waals surface area contributed by atoms with E-state index in [1.54, 1.807) is 7.11 Å². The maximum atomic E-state index is 5.85. The van der Waals surface area contributed by atoms with Crippen LogP contribution in [0.25, 0.3) is 0 Å². The molecule has 2 saturated heterocycles. The van der Waals surface area contributed by atoms with Gasteiger partial charge in [0.05, 0.1) is 31.5 Å². The van der Waals surface area contributed by atoms with Crippen molar-refractivity contribution in [2.45, 2.75) is 31.5 Å². The number of anilines is 1. The summed E-state index contributed by atoms with van der Waals surface area (Å²) in [6.07, 6.45) is 2.36. The van der Waals surface area contributed by atoms with Crippen molar-refractivity contribution >= 4 is 5.69 Å². The quantitative estimate of drug-likeness (QED) is 0.566. The van der Waals surface area contributed by atoms with Crippen molar-refractivity contribution in [2.24, 2.45) is 0 Å². The van der Waals surface area contributed by atoms with E-state index in [9.17, 15) is 0 Å². The van der Waals surface area contributed by atoms with Gasteiger partial charge in [0.25, 0.3) is 0 Å². The van der Waals surface area contributed by atoms with E-state index in [2.05, 4.69) is 67.8 Å². The normalized spacial score (nSPS) is 20.4. The number of nitrogens with zero attached hydrogens (tertiary/aromatic N) is 6. The fourth-order valence-electron chi connectivity index (χ4n) is 4.79. The SMILES string of the molecule is COc1ccccc1N1CCN([C@@H](c2ccccc2)c2nnnn2C[C@H]2CCCO2)CC1. The Morgan fingerprint density at radius 2 is 1.81 bits per heavy atom. The minimum Gasteiger partial charge on any atom is -0.495 e. The van der Waals surface area contributed by atoms with Crippen molar-refractivity contribution in [1.29, 1.82) is 0 Å². The van der Waals surface area contributed by atoms with Crippen LogP contribution in [-0.2, 0) is 11.3 Å². The van der Waals surface area contributed by atoms with Crippen LogP contribution < -0.4 is 9.64 Å². The van der Waals surface area contributed by atoms with E-state index >= 15 is 0 Å². The highest BCUT2D eigenvalue weighted by molar-refractivity contribution is 5.58. The lowest BCUT2D eigenvalue weighted by Crippen LogP contribution is -2.48. The highest BCUT2D eigenvalue weighted by Crippen LogP contribution is 2.32. The zero-order chi connectivity index (χ0) is 21.8. The molecule has 3 heterocycles. The third-order valence-corrected chi connectivity index (χ3v) is 6.43. The Labute approximate surface area is 188 Å². The Kier molecular flexibility index (Phi) is 6.31. The number of tetrazole rings is 1. The van der Waals surface area contributed by atoms with Crippen LogP contribution in [-0.4, -0.2) is 71.1 Å². The largest absolute Gasteiger partial charge is 0.495 e. The van der Waals surface area contributed by atoms with Crippen LogP contribution in [0.1, 0.15) is 30.3 Å². The molecule has 2 fully saturated rings. The van der Waals surface area contributed by atoms with Crippen molar-refractivity contribution in [1.82, 2.24) is 25.1 Å². The maximum Gasteiger partial charge on any atom is 0.173 e. The molecule has 0 spiro atoms. The predicted molar refractivity (Wildman–Crippen MR) is 122 cm³/mol. The van der Waals surface area contributed by atoms with Crippen molar-refractivity contribution in [3.8, 4) is 5.75 Å². The first-order chi connectivity index (χ1) is 15.8. The lowest BCUT2D eigenvalue weighted by atomic mass is 10.0. The summed E-state index contributed by atoms with van der Waals surface area (Å²) < 4.78 is 13.4. The molecule has 0 radical (unpaired) electrons. The second-order valence-electron chi connectivity index (χ2n) is 8.36. The molecule has 2 aliphatic rings. The molecule has 0 bridgehead atoms. The minimum atomic E-state index is 0.00687. The molecule has 0 saturated carbocycles. The molecule has 0 aliphatic carbocycles. The lowest BCUT2D eigenvalue weighted by molar-refractivity contribution is 0.0906. The lowest BCUT2D eigenvalue weighted by Gasteiger charge is -2.40. The number of benzene rings is 2. The van der Waals surface area contributed by atoms with Crippen molar-refractivity contribution in [2.75, 3.05) is 44.8 Å². The first kappa shape index (κ1) is 20.9. The topological polar surface area (TPSA) is 68.5 Å². The van der Waals surface area contributed by atoms with Gasteiger partial charge in [0.2, 0.25) is 0 Å². The van der Waals surface area contributed by atoms with Crippen LogP contribution in [0.4, 0.5) is 5.69 Å². The highest BCUT2D eigenvalue weighted by atomic mass is 16.5. The molecule has 5 rings (SSSR count). The molecule has 8 heteroatoms. The second-order valence-corrected chi connectivity index (χ2v) is 8.36. The van der Waals surface area contributed by atoms with Crippen LogP contribution in [0.5, 0.6) is 5.75 Å². The maximum absolute atomic E-state index is 5.85. The van der Waals surface area contributed by atoms with Crippen molar-refractivity contribution < 1.29 is 9.47 Å². The molecule has 0 amide bonds. The van der Waals surface area contributed by atoms with Crippen LogP contribution in [0.3, 0.4) is 0 Å². The van der Waals surface area contributed by atoms with Crippen molar-refractivity contribution in [3.63, 3.8) is 0 Å². The Balaban J connectivity index is 1.38. The van der Waals surface area contributed by atoms with Crippen LogP contribution in [0.15, 0.2) is 54.6 Å². The molecule has 8 nitrogen and oxygen atoms in total. The van der Waals surface area contributed by atoms with Crippen molar-refractivity contribution in [3.05, 3.63) is 66.0 Å². The molecule has 0 unspecified atom stereocenters. The Bertz CT molecular complexity index is 996. The Morgan fingerprint density at radius 3 is 2.56 bits per heavy atom. The second kappa shape index (κ2) is 9.67. The summed E-state index contributed by atoms with van der Waals surface area (Å²) in [5.74, 6) is 1.80. The van der Waals surface area contributed by atoms with Gasteiger partial charge in [0.15, 0.2) is 5.82 Å². The van der Waals surface area contributed by atoms with E-state index in [4.69, 9.17) is 9.47 Å². The first-order valence-corrected chi connectivity index (χ1v) is 11.4. The molecule has 2 atom stereocenters. The van der Waals surface area contributed by atoms with Crippen LogP contribution >= 0.6 is 0 Å². The number of piperazine rings is 1. The summed E-state index contributed by atoms with van der Waals surface area (Å²) in [5, 5.41) is 12.9. The predicted octanol–water partition coefficient (Wildman–Crippen LogP) is 2.77. The molecule has 2 aliphatic heterocycles. The van der Waals surface area contributed by atoms with Gasteiger partial charge in [-0.05, 0) is 41.0 Å². The molecule has 2 aromatic carbocycles. The van der Waals surface area contributed by atoms with E-state index in [-0.39, 0.29) is 12.1 Å². The average molecular weight is 435 g/mol. The Hall–Kier alpha value is -2.97. The van der Waals surface area contributed by atoms with E-state index in [0.717, 1.165) is 62.9 Å². The van der Waals surface area contributed by atoms with Crippen LogP contribution in [0, 0.1) is 0 Å². The van der Waals surface area contributed by atoms with E-state index in [1.807, 2.05) is 16.8 Å². The van der Waals surface area contributed by atoms with E-state index in [0.29, 0.717) is 6.54 Å². The summed E-state index contributed by atoms with van der Waals surface area (Å²) in [7, 11) is 1.73. The molecule has 0 N–H and O–H groups in total. The summed E-state index contributed by atoms with van der Waals surface area (Å²) in [4.78, 5) is 4.88. The number of aromatic nitrogens is 4. The van der Waals surface area contributed by atoms with Gasteiger partial charge < -0.3 is 14.4 Å². The van der Waals surface area contributed by atoms with Gasteiger partial charge >= 0.3 is 0 Å². The van der Waals surface area contributed by atoms with E-state index < -0.39 is 0 Å². The van der Waals surface area contributed by atoms with E-state index in [1.165, 1.54) is 5.56 Å². The van der Waals surface area contributed by atoms with Gasteiger partial charge in [0.1, 0.15) is 5.75 Å². The summed E-state index contributed by atoms with van der Waals surface area (Å²) in [6, 6.07) is 18.8. The zero-order valence-electron chi connectivity index (χ0n) is 18.5. The minimum absolute atomic E-state index is 0.00687. The van der Waals surface area contributed by atoms with Gasteiger partial charge in [-0.3, -0.25) is 4.90 Å². The molecular formula is C24H30N6O2. The molecule has 168 valence electrons. The summed E-state index contributed by atoms with van der Waals surface area (Å²) in [6.45, 7) is 5.17. The zero-order valence-corrected chi connectivity index (χ0v) is 18.5. The fourth-order valence-corrected chi connectivity index (χ4v) is 4.79. The van der Waals surface area contributed by atoms with Crippen LogP contribution in [0.2, 0.25) is 0 Å². The highest BCUT2D eigenvalue weighted by Gasteiger charge is 2.32. The number of methoxy groups -OCH3 is 1. The monoisotopic (exact) mass is 434 g/mol. The Morgan fingerprint density at radius 1 is 1.03 bits per heavy atom. The van der Waals surface area contributed by atoms with Gasteiger partial charge in [-0.25, -0.2) is 4.68 Å². The van der Waals surface area contributed by atoms with Gasteiger partial charge in [0, 0.05) is 32.8 Å². The van der Waals surface area contributed by atoms with Gasteiger partial charge in [-0.1, -0.05) is 42.5 Å². The number of hydrogen-bond acceptors (Lipinski definition) is 7. The molecule has 1 aromatic heterocycles. The molecule has 3 aromatic rings. The van der Waals surface area contributed by atoms with Gasteiger partial charge in [-0.15, -0.1) is 5.10 Å². The average Bonchev–Trinajstić information content (AvgIpc) is 3.53. The number of ether oxygens (including phenoxy) is 2. The number of para-hydroxylation sites is 2. The number of hydrogen-bond donors (Lipinski definition) is 0. The third kappa shape index (κ3) is 4.33. The molecular weight excluding hydrogens is 404 g/mol. The summed E-state index contributed by atoms with van der Waals surface area (Å²) >= 11 is 0. The fraction of sp³-hybridized carbons (Fsp3) is 0.458. The number of rotatable bonds is 7. The smallest absolute Gasteiger partial charge is 0.173 e. The molecule has 32 heavy (non-hydrogen) atoms. The first-order valence-electron chi connectivity index (χ1n) is 11.4. The summed E-state index contributed by atoms with van der Waals surface area (Å²) in [5.41, 5.74) is 2.36. The third-order valence-electron chi connectivity index (χ3n) is 6.43. The standard InChI is InChI=1S/C24H30N6O2/c1-31-22-12-6-5-11-21(22)28-13-15-29(16-14-28)23(19-8-3-2-4-9-19)24-25-26-27-30(24)18-20-10-7-17-32-20/h2-6,8-9,11-12,20,23H,7,10,13-18H2,1H3/t20-,23+/m1/s1. The van der Waals surface area contributed by atoms with Gasteiger partial charge in [-0.2, -0.15) is 0 Å².